The number of carbonyl (C=O) groups excluding carboxylic acids is 1. The van der Waals surface area contributed by atoms with E-state index in [2.05, 4.69) is 10.6 Å². The van der Waals surface area contributed by atoms with E-state index < -0.39 is 12.2 Å². The van der Waals surface area contributed by atoms with Crippen LogP contribution in [-0.4, -0.2) is 31.2 Å². The molecule has 1 heterocycles. The Morgan fingerprint density at radius 2 is 2.50 bits per heavy atom. The Kier molecular flexibility index (Phi) is 3.03. The maximum absolute atomic E-state index is 11.7. The van der Waals surface area contributed by atoms with E-state index in [-0.39, 0.29) is 12.5 Å². The van der Waals surface area contributed by atoms with Gasteiger partial charge < -0.3 is 10.6 Å². The van der Waals surface area contributed by atoms with Gasteiger partial charge in [0, 0.05) is 6.54 Å². The van der Waals surface area contributed by atoms with Crippen LogP contribution in [0.3, 0.4) is 0 Å². The summed E-state index contributed by atoms with van der Waals surface area (Å²) in [4.78, 5) is 11.4. The van der Waals surface area contributed by atoms with Gasteiger partial charge in [-0.15, -0.1) is 0 Å². The van der Waals surface area contributed by atoms with Crippen LogP contribution in [0.5, 0.6) is 0 Å². The van der Waals surface area contributed by atoms with Gasteiger partial charge in [-0.1, -0.05) is 0 Å². The number of halogens is 1. The molecule has 0 aromatic carbocycles. The van der Waals surface area contributed by atoms with E-state index in [4.69, 9.17) is 0 Å². The monoisotopic (exact) mass is 174 g/mol. The van der Waals surface area contributed by atoms with Crippen molar-refractivity contribution in [2.75, 3.05) is 19.8 Å². The fraction of sp³-hybridized carbons (Fsp3) is 0.875. The van der Waals surface area contributed by atoms with Gasteiger partial charge in [0.2, 0.25) is 5.91 Å². The van der Waals surface area contributed by atoms with Crippen LogP contribution in [-0.2, 0) is 4.79 Å². The first-order valence-electron chi connectivity index (χ1n) is 4.28. The van der Waals surface area contributed by atoms with Gasteiger partial charge in [-0.25, -0.2) is 4.39 Å². The van der Waals surface area contributed by atoms with Crippen LogP contribution in [0.4, 0.5) is 4.39 Å². The summed E-state index contributed by atoms with van der Waals surface area (Å²) in [6, 6.07) is 0. The number of carbonyl (C=O) groups is 1. The van der Waals surface area contributed by atoms with Crippen LogP contribution in [0.15, 0.2) is 0 Å². The van der Waals surface area contributed by atoms with Crippen molar-refractivity contribution in [2.24, 2.45) is 0 Å². The minimum Gasteiger partial charge on any atom is -0.352 e. The third-order valence-electron chi connectivity index (χ3n) is 2.25. The molecule has 1 atom stereocenters. The van der Waals surface area contributed by atoms with Crippen molar-refractivity contribution in [3.63, 3.8) is 0 Å². The number of alkyl halides is 1. The minimum atomic E-state index is -0.498. The number of rotatable bonds is 3. The lowest BCUT2D eigenvalue weighted by atomic mass is 9.99. The molecule has 0 aromatic rings. The molecule has 1 unspecified atom stereocenters. The van der Waals surface area contributed by atoms with Crippen LogP contribution in [0.2, 0.25) is 0 Å². The molecule has 1 aliphatic heterocycles. The summed E-state index contributed by atoms with van der Waals surface area (Å²) < 4.78 is 11.7. The Hall–Kier alpha value is -0.640. The van der Waals surface area contributed by atoms with Gasteiger partial charge in [-0.3, -0.25) is 4.79 Å². The molecule has 1 aliphatic rings. The summed E-state index contributed by atoms with van der Waals surface area (Å²) in [5.41, 5.74) is -0.463. The van der Waals surface area contributed by atoms with Gasteiger partial charge >= 0.3 is 0 Å². The third kappa shape index (κ3) is 1.94. The second-order valence-corrected chi connectivity index (χ2v) is 3.31. The maximum atomic E-state index is 11.7. The van der Waals surface area contributed by atoms with Gasteiger partial charge in [0.25, 0.3) is 0 Å². The van der Waals surface area contributed by atoms with Gasteiger partial charge in [-0.2, -0.15) is 0 Å². The molecular formula is C8H15FN2O. The highest BCUT2D eigenvalue weighted by molar-refractivity contribution is 5.86. The first-order valence-corrected chi connectivity index (χ1v) is 4.28. The smallest absolute Gasteiger partial charge is 0.240 e. The fourth-order valence-electron chi connectivity index (χ4n) is 1.44. The Morgan fingerprint density at radius 3 is 3.00 bits per heavy atom. The SMILES string of the molecule is CC1(C(=O)NCCF)CCCN1. The zero-order valence-corrected chi connectivity index (χ0v) is 7.32. The summed E-state index contributed by atoms with van der Waals surface area (Å²) in [5, 5.41) is 5.65. The standard InChI is InChI=1S/C8H15FN2O/c1-8(3-2-5-11-8)7(12)10-6-4-9/h11H,2-6H2,1H3,(H,10,12). The molecule has 12 heavy (non-hydrogen) atoms. The zero-order valence-electron chi connectivity index (χ0n) is 7.32. The molecule has 0 aliphatic carbocycles. The largest absolute Gasteiger partial charge is 0.352 e. The van der Waals surface area contributed by atoms with Crippen molar-refractivity contribution in [3.8, 4) is 0 Å². The lowest BCUT2D eigenvalue weighted by Crippen LogP contribution is -2.51. The summed E-state index contributed by atoms with van der Waals surface area (Å²) >= 11 is 0. The Morgan fingerprint density at radius 1 is 1.75 bits per heavy atom. The highest BCUT2D eigenvalue weighted by Crippen LogP contribution is 2.17. The molecule has 0 bridgehead atoms. The predicted octanol–water partition coefficient (Wildman–Crippen LogP) is 0.214. The van der Waals surface area contributed by atoms with Gasteiger partial charge in [0.15, 0.2) is 0 Å². The lowest BCUT2D eigenvalue weighted by molar-refractivity contribution is -0.126. The molecule has 0 aromatic heterocycles. The van der Waals surface area contributed by atoms with E-state index in [1.165, 1.54) is 0 Å². The molecule has 1 rings (SSSR count). The topological polar surface area (TPSA) is 41.1 Å². The van der Waals surface area contributed by atoms with Gasteiger partial charge in [0.05, 0.1) is 5.54 Å². The molecule has 0 saturated carbocycles. The normalized spacial score (nSPS) is 28.8. The first kappa shape index (κ1) is 9.45. The molecule has 70 valence electrons. The molecule has 1 fully saturated rings. The molecule has 1 saturated heterocycles. The highest BCUT2D eigenvalue weighted by Gasteiger charge is 2.35. The van der Waals surface area contributed by atoms with Crippen molar-refractivity contribution in [1.82, 2.24) is 10.6 Å². The van der Waals surface area contributed by atoms with Crippen molar-refractivity contribution < 1.29 is 9.18 Å². The summed E-state index contributed by atoms with van der Waals surface area (Å²) in [7, 11) is 0. The molecule has 4 heteroatoms. The average molecular weight is 174 g/mol. The molecular weight excluding hydrogens is 159 g/mol. The Balaban J connectivity index is 2.39. The van der Waals surface area contributed by atoms with Crippen LogP contribution in [0.25, 0.3) is 0 Å². The summed E-state index contributed by atoms with van der Waals surface area (Å²) in [6.07, 6.45) is 1.85. The second-order valence-electron chi connectivity index (χ2n) is 3.31. The van der Waals surface area contributed by atoms with Crippen LogP contribution in [0.1, 0.15) is 19.8 Å². The maximum Gasteiger partial charge on any atom is 0.240 e. The van der Waals surface area contributed by atoms with E-state index >= 15 is 0 Å². The van der Waals surface area contributed by atoms with E-state index in [0.29, 0.717) is 0 Å². The fourth-order valence-corrected chi connectivity index (χ4v) is 1.44. The average Bonchev–Trinajstić information content (AvgIpc) is 2.49. The van der Waals surface area contributed by atoms with Gasteiger partial charge in [-0.05, 0) is 26.3 Å². The second kappa shape index (κ2) is 3.85. The first-order chi connectivity index (χ1) is 5.69. The number of nitrogens with one attached hydrogen (secondary N) is 2. The Bertz CT molecular complexity index is 166. The minimum absolute atomic E-state index is 0.0855. The van der Waals surface area contributed by atoms with Crippen molar-refractivity contribution >= 4 is 5.91 Å². The van der Waals surface area contributed by atoms with Crippen LogP contribution >= 0.6 is 0 Å². The quantitative estimate of drug-likeness (QED) is 0.642. The van der Waals surface area contributed by atoms with E-state index in [0.717, 1.165) is 19.4 Å². The van der Waals surface area contributed by atoms with Crippen LogP contribution in [0, 0.1) is 0 Å². The molecule has 0 spiro atoms. The van der Waals surface area contributed by atoms with E-state index in [1.54, 1.807) is 0 Å². The summed E-state index contributed by atoms with van der Waals surface area (Å²) in [6.45, 7) is 2.35. The highest BCUT2D eigenvalue weighted by atomic mass is 19.1. The number of hydrogen-bond acceptors (Lipinski definition) is 2. The van der Waals surface area contributed by atoms with Crippen molar-refractivity contribution in [2.45, 2.75) is 25.3 Å². The predicted molar refractivity (Wildman–Crippen MR) is 44.6 cm³/mol. The van der Waals surface area contributed by atoms with E-state index in [9.17, 15) is 9.18 Å². The van der Waals surface area contributed by atoms with Crippen molar-refractivity contribution in [1.29, 1.82) is 0 Å². The summed E-state index contributed by atoms with van der Waals surface area (Å²) in [5.74, 6) is -0.0855. The lowest BCUT2D eigenvalue weighted by Gasteiger charge is -2.22. The molecule has 1 amide bonds. The number of hydrogen-bond donors (Lipinski definition) is 2. The Labute approximate surface area is 71.7 Å². The molecule has 2 N–H and O–H groups in total. The zero-order chi connectivity index (χ0) is 9.03. The third-order valence-corrected chi connectivity index (χ3v) is 2.25. The number of amides is 1. The molecule has 3 nitrogen and oxygen atoms in total. The van der Waals surface area contributed by atoms with Gasteiger partial charge in [0.1, 0.15) is 6.67 Å². The van der Waals surface area contributed by atoms with Crippen LogP contribution < -0.4 is 10.6 Å². The molecule has 0 radical (unpaired) electrons. The van der Waals surface area contributed by atoms with Crippen molar-refractivity contribution in [3.05, 3.63) is 0 Å². The van der Waals surface area contributed by atoms with E-state index in [1.807, 2.05) is 6.92 Å².